The van der Waals surface area contributed by atoms with E-state index in [1.807, 2.05) is 0 Å². The summed E-state index contributed by atoms with van der Waals surface area (Å²) in [4.78, 5) is 56.0. The number of hydrogen-bond donors (Lipinski definition) is 2. The minimum atomic E-state index is -6.14. The fraction of sp³-hybridized carbons (Fsp3) is 0.417. The van der Waals surface area contributed by atoms with Gasteiger partial charge in [0.25, 0.3) is 15.6 Å². The minimum Gasteiger partial charge on any atom is -0.790 e. The summed E-state index contributed by atoms with van der Waals surface area (Å²) in [5.41, 5.74) is 1.000. The molecule has 25 heteroatoms. The van der Waals surface area contributed by atoms with Crippen LogP contribution in [0.5, 0.6) is 0 Å². The van der Waals surface area contributed by atoms with Crippen LogP contribution in [-0.2, 0) is 31.6 Å². The van der Waals surface area contributed by atoms with Gasteiger partial charge in [0, 0.05) is 12.4 Å². The van der Waals surface area contributed by atoms with E-state index in [2.05, 4.69) is 28.1 Å². The number of imidazole rings is 2. The first-order valence-electron chi connectivity index (χ1n) is 8.63. The second kappa shape index (κ2) is 15.2. The molecule has 182 valence electrons. The van der Waals surface area contributed by atoms with Crippen LogP contribution in [0.2, 0.25) is 0 Å². The molecule has 18 nitrogen and oxygen atoms in total. The number of phosphoric ester groups is 1. The first-order valence-corrected chi connectivity index (χ1v) is 13.0. The molecule has 1 saturated heterocycles. The normalized spacial score (nSPS) is 24.7. The molecule has 0 amide bonds. The van der Waals surface area contributed by atoms with Gasteiger partial charge in [-0.1, -0.05) is 0 Å². The van der Waals surface area contributed by atoms with Crippen molar-refractivity contribution in [3.05, 3.63) is 25.0 Å². The monoisotopic (exact) mass is 619 g/mol. The van der Waals surface area contributed by atoms with Gasteiger partial charge in [0.15, 0.2) is 23.0 Å². The third-order valence-corrected chi connectivity index (χ3v) is 8.03. The van der Waals surface area contributed by atoms with Crippen molar-refractivity contribution in [1.29, 1.82) is 0 Å². The SMILES string of the molecule is O=P([O-])([O-])OP(=O)([O-])OP(=O)([O-])OC[C@H]1O[C@@H](n2cnc3c2ncn2ccnc32)[C@@H](O)C1O.[Na+].[Na+].[Na+].[Na+]. The zero-order chi connectivity index (χ0) is 24.2. The Bertz CT molecular complexity index is 1340. The Hall–Kier alpha value is 2.38. The van der Waals surface area contributed by atoms with Gasteiger partial charge in [0.1, 0.15) is 24.6 Å². The van der Waals surface area contributed by atoms with Crippen LogP contribution >= 0.6 is 23.5 Å². The zero-order valence-corrected chi connectivity index (χ0v) is 30.5. The molecule has 0 aliphatic carbocycles. The standard InChI is InChI=1S/C12H16N5O13P3.4Na/c18-8-6(3-27-32(23,24)30-33(25,26)29-31(20,21)22)28-12(9(8)19)17-5-14-7-10-13-1-2-16(10)4-15-11(7)17;;;;/h1-2,4-6,8-9,12,18-19H,3H2,(H,23,24)(H,25,26)(H2,20,21,22);;;;/q;4*+1/p-4/t6-,8?,9+,12-;;;;/m1..../s1. The average Bonchev–Trinajstić information content (AvgIpc) is 3.35. The van der Waals surface area contributed by atoms with Gasteiger partial charge in [0.05, 0.1) is 20.8 Å². The first kappa shape index (κ1) is 39.4. The summed E-state index contributed by atoms with van der Waals surface area (Å²) in [5.74, 6) is 0. The largest absolute Gasteiger partial charge is 1.00 e. The Morgan fingerprint density at radius 1 is 0.892 bits per heavy atom. The predicted molar refractivity (Wildman–Crippen MR) is 93.1 cm³/mol. The second-order valence-electron chi connectivity index (χ2n) is 6.57. The van der Waals surface area contributed by atoms with Crippen molar-refractivity contribution in [3.8, 4) is 0 Å². The predicted octanol–water partition coefficient (Wildman–Crippen LogP) is -15.5. The van der Waals surface area contributed by atoms with Crippen molar-refractivity contribution in [3.63, 3.8) is 0 Å². The number of aliphatic hydroxyl groups is 2. The Morgan fingerprint density at radius 2 is 1.54 bits per heavy atom. The van der Waals surface area contributed by atoms with Gasteiger partial charge in [-0.2, -0.15) is 0 Å². The molecular weight excluding hydrogens is 607 g/mol. The Kier molecular flexibility index (Phi) is 16.2. The molecule has 0 radical (unpaired) electrons. The molecule has 4 heterocycles. The molecular formula is C12H12N5Na4O13P3. The van der Waals surface area contributed by atoms with Crippen LogP contribution in [-0.4, -0.2) is 59.1 Å². The van der Waals surface area contributed by atoms with Crippen molar-refractivity contribution in [1.82, 2.24) is 23.9 Å². The van der Waals surface area contributed by atoms with Crippen molar-refractivity contribution < 1.29 is 180 Å². The summed E-state index contributed by atoms with van der Waals surface area (Å²) in [6, 6.07) is 0. The molecule has 1 aliphatic rings. The number of nitrogens with zero attached hydrogens (tertiary/aromatic N) is 5. The molecule has 1 aliphatic heterocycles. The third-order valence-electron chi connectivity index (χ3n) is 4.36. The fourth-order valence-electron chi connectivity index (χ4n) is 3.08. The smallest absolute Gasteiger partial charge is 0.790 e. The van der Waals surface area contributed by atoms with Crippen LogP contribution in [0.4, 0.5) is 0 Å². The number of phosphoric acid groups is 3. The van der Waals surface area contributed by atoms with E-state index in [4.69, 9.17) is 4.74 Å². The molecule has 6 atom stereocenters. The Balaban J connectivity index is 0.00000324. The fourth-order valence-corrected chi connectivity index (χ4v) is 5.94. The van der Waals surface area contributed by atoms with Crippen LogP contribution < -0.4 is 138 Å². The van der Waals surface area contributed by atoms with E-state index >= 15 is 0 Å². The van der Waals surface area contributed by atoms with Gasteiger partial charge in [-0.25, -0.2) is 19.3 Å². The first-order chi connectivity index (χ1) is 15.3. The molecule has 0 spiro atoms. The van der Waals surface area contributed by atoms with E-state index in [0.29, 0.717) is 11.2 Å². The van der Waals surface area contributed by atoms with Crippen LogP contribution in [0.25, 0.3) is 16.8 Å². The van der Waals surface area contributed by atoms with Crippen molar-refractivity contribution in [2.45, 2.75) is 24.5 Å². The zero-order valence-electron chi connectivity index (χ0n) is 19.8. The molecule has 3 aromatic rings. The Morgan fingerprint density at radius 3 is 2.16 bits per heavy atom. The summed E-state index contributed by atoms with van der Waals surface area (Å²) in [7, 11) is -18.1. The molecule has 3 unspecified atom stereocenters. The van der Waals surface area contributed by atoms with Crippen molar-refractivity contribution >= 4 is 40.3 Å². The van der Waals surface area contributed by atoms with Gasteiger partial charge in [-0.3, -0.25) is 22.4 Å². The van der Waals surface area contributed by atoms with E-state index in [1.54, 1.807) is 10.6 Å². The number of aromatic nitrogens is 5. The number of ether oxygens (including phenoxy) is 1. The van der Waals surface area contributed by atoms with E-state index in [-0.39, 0.29) is 124 Å². The topological polar surface area (TPSA) is 269 Å². The van der Waals surface area contributed by atoms with Gasteiger partial charge >= 0.3 is 118 Å². The summed E-state index contributed by atoms with van der Waals surface area (Å²) < 4.78 is 52.2. The van der Waals surface area contributed by atoms with Crippen LogP contribution in [0, 0.1) is 0 Å². The number of rotatable bonds is 8. The van der Waals surface area contributed by atoms with Gasteiger partial charge < -0.3 is 43.6 Å². The maximum Gasteiger partial charge on any atom is 1.00 e. The molecule has 0 aromatic carbocycles. The number of aliphatic hydroxyl groups excluding tert-OH is 2. The average molecular weight is 619 g/mol. The summed E-state index contributed by atoms with van der Waals surface area (Å²) in [6.45, 7) is -1.06. The maximum atomic E-state index is 11.7. The van der Waals surface area contributed by atoms with Gasteiger partial charge in [-0.05, 0) is 0 Å². The van der Waals surface area contributed by atoms with Crippen LogP contribution in [0.1, 0.15) is 6.23 Å². The van der Waals surface area contributed by atoms with Crippen LogP contribution in [0.3, 0.4) is 0 Å². The van der Waals surface area contributed by atoms with E-state index in [0.717, 1.165) is 0 Å². The summed E-state index contributed by atoms with van der Waals surface area (Å²) in [6.07, 6.45) is -0.388. The molecule has 37 heavy (non-hydrogen) atoms. The van der Waals surface area contributed by atoms with Gasteiger partial charge in [0.2, 0.25) is 0 Å². The molecule has 0 saturated carbocycles. The van der Waals surface area contributed by atoms with Crippen molar-refractivity contribution in [2.75, 3.05) is 6.61 Å². The molecule has 4 rings (SSSR count). The summed E-state index contributed by atoms with van der Waals surface area (Å²) in [5, 5.41) is 20.6. The molecule has 2 N–H and O–H groups in total. The quantitative estimate of drug-likeness (QED) is 0.175. The Labute approximate surface area is 296 Å². The molecule has 0 bridgehead atoms. The molecule has 3 aromatic heterocycles. The minimum absolute atomic E-state index is 0. The number of fused-ring (bicyclic) bond motifs is 3. The second-order valence-corrected chi connectivity index (χ2v) is 10.8. The van der Waals surface area contributed by atoms with Crippen LogP contribution in [0.15, 0.2) is 25.0 Å². The van der Waals surface area contributed by atoms with Crippen molar-refractivity contribution in [2.24, 2.45) is 0 Å². The van der Waals surface area contributed by atoms with E-state index in [1.165, 1.54) is 23.4 Å². The van der Waals surface area contributed by atoms with E-state index in [9.17, 15) is 43.5 Å². The van der Waals surface area contributed by atoms with E-state index < -0.39 is 54.6 Å². The van der Waals surface area contributed by atoms with Gasteiger partial charge in [-0.15, -0.1) is 0 Å². The summed E-state index contributed by atoms with van der Waals surface area (Å²) >= 11 is 0. The molecule has 1 fully saturated rings. The third kappa shape index (κ3) is 9.70. The number of hydrogen-bond acceptors (Lipinski definition) is 16. The maximum absolute atomic E-state index is 11.7.